The molecule has 0 bridgehead atoms. The lowest BCUT2D eigenvalue weighted by atomic mass is 10.1. The van der Waals surface area contributed by atoms with E-state index in [1.807, 2.05) is 0 Å². The van der Waals surface area contributed by atoms with Crippen LogP contribution in [-0.2, 0) is 9.05 Å². The lowest BCUT2D eigenvalue weighted by Crippen LogP contribution is -2.33. The van der Waals surface area contributed by atoms with Crippen LogP contribution in [0.1, 0.15) is 36.5 Å². The van der Waals surface area contributed by atoms with Crippen LogP contribution in [0.25, 0.3) is 0 Å². The van der Waals surface area contributed by atoms with Crippen LogP contribution in [0, 0.1) is 5.92 Å². The molecule has 0 saturated heterocycles. The Kier molecular flexibility index (Phi) is 5.23. The van der Waals surface area contributed by atoms with Crippen LogP contribution >= 0.6 is 38.2 Å². The zero-order valence-electron chi connectivity index (χ0n) is 11.2. The molecule has 0 aliphatic heterocycles. The summed E-state index contributed by atoms with van der Waals surface area (Å²) in [5.74, 6) is 0.197. The average molecular weight is 415 g/mol. The van der Waals surface area contributed by atoms with Crippen molar-refractivity contribution >= 4 is 53.2 Å². The normalized spacial score (nSPS) is 22.3. The Morgan fingerprint density at radius 2 is 2.05 bits per heavy atom. The van der Waals surface area contributed by atoms with E-state index >= 15 is 0 Å². The quantitative estimate of drug-likeness (QED) is 0.761. The molecule has 1 amide bonds. The standard InChI is InChI=1S/C13H14BrCl2NO3S/c1-7-2-3-8(4-7)17-13(18)9-5-12(21(16,19)20)10(14)6-11(9)15/h5-8H,2-4H2,1H3,(H,17,18). The number of hydrogen-bond donors (Lipinski definition) is 1. The van der Waals surface area contributed by atoms with Gasteiger partial charge in [0.2, 0.25) is 0 Å². The van der Waals surface area contributed by atoms with Gasteiger partial charge in [-0.3, -0.25) is 4.79 Å². The molecular weight excluding hydrogens is 401 g/mol. The fraction of sp³-hybridized carbons (Fsp3) is 0.462. The zero-order valence-corrected chi connectivity index (χ0v) is 15.1. The Morgan fingerprint density at radius 3 is 2.57 bits per heavy atom. The minimum atomic E-state index is -3.96. The molecule has 1 aliphatic rings. The maximum absolute atomic E-state index is 12.3. The van der Waals surface area contributed by atoms with Crippen LogP contribution in [0.2, 0.25) is 5.02 Å². The van der Waals surface area contributed by atoms with Gasteiger partial charge in [0.25, 0.3) is 15.0 Å². The lowest BCUT2D eigenvalue weighted by Gasteiger charge is -2.14. The second-order valence-electron chi connectivity index (χ2n) is 5.29. The van der Waals surface area contributed by atoms with Crippen LogP contribution in [0.4, 0.5) is 0 Å². The van der Waals surface area contributed by atoms with Crippen molar-refractivity contribution in [2.45, 2.75) is 37.1 Å². The number of amides is 1. The summed E-state index contributed by atoms with van der Waals surface area (Å²) in [7, 11) is 1.39. The molecule has 1 N–H and O–H groups in total. The second-order valence-corrected chi connectivity index (χ2v) is 9.08. The number of hydrogen-bond acceptors (Lipinski definition) is 3. The summed E-state index contributed by atoms with van der Waals surface area (Å²) >= 11 is 9.11. The van der Waals surface area contributed by atoms with Gasteiger partial charge in [-0.2, -0.15) is 0 Å². The first-order chi connectivity index (χ1) is 9.68. The van der Waals surface area contributed by atoms with E-state index in [4.69, 9.17) is 22.3 Å². The highest BCUT2D eigenvalue weighted by Crippen LogP contribution is 2.31. The van der Waals surface area contributed by atoms with Crippen LogP contribution in [0.5, 0.6) is 0 Å². The summed E-state index contributed by atoms with van der Waals surface area (Å²) in [5.41, 5.74) is 0.110. The number of rotatable bonds is 3. The van der Waals surface area contributed by atoms with Gasteiger partial charge in [0.05, 0.1) is 15.5 Å². The molecule has 1 saturated carbocycles. The van der Waals surface area contributed by atoms with E-state index in [-0.39, 0.29) is 31.9 Å². The highest BCUT2D eigenvalue weighted by molar-refractivity contribution is 9.10. The number of nitrogens with one attached hydrogen (secondary N) is 1. The molecule has 1 aromatic rings. The van der Waals surface area contributed by atoms with Gasteiger partial charge in [-0.05, 0) is 53.2 Å². The van der Waals surface area contributed by atoms with Crippen molar-refractivity contribution in [2.75, 3.05) is 0 Å². The van der Waals surface area contributed by atoms with Crippen LogP contribution in [-0.4, -0.2) is 20.4 Å². The number of benzene rings is 1. The number of halogens is 3. The molecule has 2 atom stereocenters. The van der Waals surface area contributed by atoms with E-state index in [1.165, 1.54) is 12.1 Å². The van der Waals surface area contributed by atoms with Gasteiger partial charge in [0.15, 0.2) is 0 Å². The lowest BCUT2D eigenvalue weighted by molar-refractivity contribution is 0.0937. The number of carbonyl (C=O) groups excluding carboxylic acids is 1. The summed E-state index contributed by atoms with van der Waals surface area (Å²) in [5, 5.41) is 3.06. The minimum absolute atomic E-state index is 0.100. The maximum Gasteiger partial charge on any atom is 0.262 e. The van der Waals surface area contributed by atoms with Crippen molar-refractivity contribution < 1.29 is 13.2 Å². The Morgan fingerprint density at radius 1 is 1.38 bits per heavy atom. The van der Waals surface area contributed by atoms with Crippen molar-refractivity contribution in [3.05, 3.63) is 27.2 Å². The highest BCUT2D eigenvalue weighted by atomic mass is 79.9. The van der Waals surface area contributed by atoms with E-state index in [2.05, 4.69) is 28.2 Å². The molecule has 1 fully saturated rings. The van der Waals surface area contributed by atoms with Crippen LogP contribution in [0.15, 0.2) is 21.5 Å². The first kappa shape index (κ1) is 17.1. The highest BCUT2D eigenvalue weighted by Gasteiger charge is 2.25. The van der Waals surface area contributed by atoms with Crippen molar-refractivity contribution in [2.24, 2.45) is 5.92 Å². The monoisotopic (exact) mass is 413 g/mol. The van der Waals surface area contributed by atoms with E-state index in [1.54, 1.807) is 0 Å². The third-order valence-corrected chi connectivity index (χ3v) is 6.15. The summed E-state index contributed by atoms with van der Waals surface area (Å²) in [6.07, 6.45) is 2.91. The molecule has 21 heavy (non-hydrogen) atoms. The number of carbonyl (C=O) groups is 1. The Labute approximate surface area is 141 Å². The van der Waals surface area contributed by atoms with Gasteiger partial charge >= 0.3 is 0 Å². The predicted octanol–water partition coefficient (Wildman–Crippen LogP) is 3.95. The van der Waals surface area contributed by atoms with Gasteiger partial charge in [-0.25, -0.2) is 8.42 Å². The SMILES string of the molecule is CC1CCC(NC(=O)c2cc(S(=O)(=O)Cl)c(Br)cc2Cl)C1. The molecular formula is C13H14BrCl2NO3S. The predicted molar refractivity (Wildman–Crippen MR) is 86.5 cm³/mol. The van der Waals surface area contributed by atoms with Gasteiger partial charge in [-0.15, -0.1) is 0 Å². The van der Waals surface area contributed by atoms with Crippen molar-refractivity contribution in [3.8, 4) is 0 Å². The van der Waals surface area contributed by atoms with Gasteiger partial charge in [0.1, 0.15) is 0 Å². The Bertz CT molecular complexity index is 678. The Hall–Kier alpha value is -0.300. The maximum atomic E-state index is 12.3. The van der Waals surface area contributed by atoms with E-state index in [0.29, 0.717) is 5.92 Å². The summed E-state index contributed by atoms with van der Waals surface area (Å²) in [6.45, 7) is 2.14. The first-order valence-electron chi connectivity index (χ1n) is 6.43. The molecule has 0 heterocycles. The fourth-order valence-electron chi connectivity index (χ4n) is 2.49. The molecule has 4 nitrogen and oxygen atoms in total. The van der Waals surface area contributed by atoms with E-state index < -0.39 is 9.05 Å². The zero-order chi connectivity index (χ0) is 15.8. The summed E-state index contributed by atoms with van der Waals surface area (Å²) < 4.78 is 23.2. The average Bonchev–Trinajstić information content (AvgIpc) is 2.72. The summed E-state index contributed by atoms with van der Waals surface area (Å²) in [4.78, 5) is 12.1. The molecule has 1 aromatic carbocycles. The molecule has 116 valence electrons. The molecule has 0 aromatic heterocycles. The fourth-order valence-corrected chi connectivity index (χ4v) is 5.07. The molecule has 8 heteroatoms. The van der Waals surface area contributed by atoms with Crippen molar-refractivity contribution in [1.82, 2.24) is 5.32 Å². The molecule has 2 unspecified atom stereocenters. The first-order valence-corrected chi connectivity index (χ1v) is 9.91. The largest absolute Gasteiger partial charge is 0.349 e. The van der Waals surface area contributed by atoms with Gasteiger partial charge < -0.3 is 5.32 Å². The third kappa shape index (κ3) is 4.12. The second kappa shape index (κ2) is 6.44. The molecule has 1 aliphatic carbocycles. The molecule has 0 spiro atoms. The Balaban J connectivity index is 2.29. The smallest absolute Gasteiger partial charge is 0.262 e. The van der Waals surface area contributed by atoms with Crippen LogP contribution < -0.4 is 5.32 Å². The van der Waals surface area contributed by atoms with Crippen LogP contribution in [0.3, 0.4) is 0 Å². The van der Waals surface area contributed by atoms with Crippen molar-refractivity contribution in [3.63, 3.8) is 0 Å². The molecule has 0 radical (unpaired) electrons. The van der Waals surface area contributed by atoms with E-state index in [0.717, 1.165) is 19.3 Å². The van der Waals surface area contributed by atoms with Gasteiger partial charge in [0, 0.05) is 21.2 Å². The minimum Gasteiger partial charge on any atom is -0.349 e. The van der Waals surface area contributed by atoms with Gasteiger partial charge in [-0.1, -0.05) is 18.5 Å². The van der Waals surface area contributed by atoms with E-state index in [9.17, 15) is 13.2 Å². The third-order valence-electron chi connectivity index (χ3n) is 3.56. The summed E-state index contributed by atoms with van der Waals surface area (Å²) in [6, 6.07) is 2.66. The topological polar surface area (TPSA) is 63.2 Å². The van der Waals surface area contributed by atoms with Crippen molar-refractivity contribution in [1.29, 1.82) is 0 Å². The molecule has 2 rings (SSSR count).